The average molecular weight is 400 g/mol. The molecule has 3 rings (SSSR count). The Morgan fingerprint density at radius 1 is 1.21 bits per heavy atom. The third-order valence-electron chi connectivity index (χ3n) is 5.51. The third-order valence-corrected chi connectivity index (χ3v) is 5.51. The highest BCUT2D eigenvalue weighted by molar-refractivity contribution is 5.43. The van der Waals surface area contributed by atoms with Gasteiger partial charge in [0.1, 0.15) is 12.7 Å². The molecular formula is C23H33N3O3. The Hall–Kier alpha value is -2.15. The summed E-state index contributed by atoms with van der Waals surface area (Å²) >= 11 is 0. The van der Waals surface area contributed by atoms with E-state index in [9.17, 15) is 5.11 Å². The second kappa shape index (κ2) is 10.1. The number of pyridine rings is 1. The summed E-state index contributed by atoms with van der Waals surface area (Å²) in [5.74, 6) is 1.88. The lowest BCUT2D eigenvalue weighted by Gasteiger charge is -2.39. The molecule has 1 aliphatic rings. The summed E-state index contributed by atoms with van der Waals surface area (Å²) in [5, 5.41) is 10.3. The first kappa shape index (κ1) is 21.6. The smallest absolute Gasteiger partial charge is 0.161 e. The van der Waals surface area contributed by atoms with Gasteiger partial charge in [-0.05, 0) is 50.7 Å². The fourth-order valence-corrected chi connectivity index (χ4v) is 3.48. The molecular weight excluding hydrogens is 366 g/mol. The highest BCUT2D eigenvalue weighted by Gasteiger charge is 2.28. The van der Waals surface area contributed by atoms with E-state index in [0.717, 1.165) is 19.6 Å². The Balaban J connectivity index is 1.54. The summed E-state index contributed by atoms with van der Waals surface area (Å²) in [6.45, 7) is 7.91. The van der Waals surface area contributed by atoms with Crippen molar-refractivity contribution < 1.29 is 14.6 Å². The van der Waals surface area contributed by atoms with Crippen molar-refractivity contribution in [2.75, 3.05) is 40.4 Å². The van der Waals surface area contributed by atoms with Crippen LogP contribution in [0.25, 0.3) is 0 Å². The average Bonchev–Trinajstić information content (AvgIpc) is 2.69. The minimum absolute atomic E-state index is 0.238. The van der Waals surface area contributed by atoms with Crippen LogP contribution in [0.1, 0.15) is 31.0 Å². The first-order valence-corrected chi connectivity index (χ1v) is 10.3. The number of hydrogen-bond donors (Lipinski definition) is 1. The number of aromatic nitrogens is 1. The number of rotatable bonds is 10. The van der Waals surface area contributed by atoms with Gasteiger partial charge in [-0.2, -0.15) is 0 Å². The van der Waals surface area contributed by atoms with Crippen LogP contribution < -0.4 is 9.47 Å². The number of ether oxygens (including phenoxy) is 2. The highest BCUT2D eigenvalue weighted by atomic mass is 16.5. The van der Waals surface area contributed by atoms with Gasteiger partial charge in [0.25, 0.3) is 0 Å². The largest absolute Gasteiger partial charge is 0.493 e. The zero-order chi connectivity index (χ0) is 20.8. The topological polar surface area (TPSA) is 58.1 Å². The lowest BCUT2D eigenvalue weighted by atomic mass is 9.95. The Morgan fingerprint density at radius 3 is 2.66 bits per heavy atom. The molecule has 29 heavy (non-hydrogen) atoms. The Labute approximate surface area is 174 Å². The minimum atomic E-state index is -0.551. The molecule has 0 spiro atoms. The maximum Gasteiger partial charge on any atom is 0.161 e. The molecule has 0 bridgehead atoms. The number of aliphatic hydroxyl groups excluding tert-OH is 1. The summed E-state index contributed by atoms with van der Waals surface area (Å²) in [6.07, 6.45) is 1.31. The van der Waals surface area contributed by atoms with E-state index in [2.05, 4.69) is 40.8 Å². The van der Waals surface area contributed by atoms with Crippen LogP contribution in [-0.2, 0) is 6.54 Å². The summed E-state index contributed by atoms with van der Waals surface area (Å²) in [5.41, 5.74) is 2.34. The Kier molecular flexibility index (Phi) is 7.47. The summed E-state index contributed by atoms with van der Waals surface area (Å²) in [4.78, 5) is 8.96. The summed E-state index contributed by atoms with van der Waals surface area (Å²) < 4.78 is 11.3. The van der Waals surface area contributed by atoms with E-state index in [0.29, 0.717) is 30.0 Å². The molecule has 1 aromatic heterocycles. The maximum atomic E-state index is 10.3. The van der Waals surface area contributed by atoms with Gasteiger partial charge in [0.05, 0.1) is 7.11 Å². The van der Waals surface area contributed by atoms with Gasteiger partial charge in [0, 0.05) is 50.0 Å². The molecule has 6 heteroatoms. The van der Waals surface area contributed by atoms with Gasteiger partial charge in [-0.1, -0.05) is 12.1 Å². The van der Waals surface area contributed by atoms with Crippen molar-refractivity contribution in [2.45, 2.75) is 38.5 Å². The second-order valence-corrected chi connectivity index (χ2v) is 8.13. The molecule has 0 aliphatic carbocycles. The molecule has 0 amide bonds. The minimum Gasteiger partial charge on any atom is -0.493 e. The molecule has 1 saturated heterocycles. The molecule has 0 radical (unpaired) electrons. The molecule has 2 heterocycles. The van der Waals surface area contributed by atoms with Gasteiger partial charge >= 0.3 is 0 Å². The number of hydrogen-bond acceptors (Lipinski definition) is 6. The van der Waals surface area contributed by atoms with Gasteiger partial charge in [-0.25, -0.2) is 0 Å². The van der Waals surface area contributed by atoms with Crippen molar-refractivity contribution in [1.82, 2.24) is 14.8 Å². The van der Waals surface area contributed by atoms with E-state index in [4.69, 9.17) is 9.47 Å². The molecule has 0 saturated carbocycles. The van der Waals surface area contributed by atoms with Crippen molar-refractivity contribution in [2.24, 2.45) is 0 Å². The van der Waals surface area contributed by atoms with Gasteiger partial charge in [0.2, 0.25) is 0 Å². The zero-order valence-electron chi connectivity index (χ0n) is 17.9. The van der Waals surface area contributed by atoms with Crippen LogP contribution in [0.15, 0.2) is 42.6 Å². The Morgan fingerprint density at radius 2 is 2.00 bits per heavy atom. The van der Waals surface area contributed by atoms with Crippen molar-refractivity contribution in [1.29, 1.82) is 0 Å². The molecule has 2 aromatic rings. The van der Waals surface area contributed by atoms with Gasteiger partial charge in [-0.15, -0.1) is 0 Å². The van der Waals surface area contributed by atoms with Crippen molar-refractivity contribution in [3.8, 4) is 11.5 Å². The van der Waals surface area contributed by atoms with Crippen LogP contribution in [0.5, 0.6) is 11.5 Å². The highest BCUT2D eigenvalue weighted by Crippen LogP contribution is 2.31. The molecule has 1 N–H and O–H groups in total. The second-order valence-electron chi connectivity index (χ2n) is 8.13. The maximum absolute atomic E-state index is 10.3. The molecule has 1 aliphatic heterocycles. The van der Waals surface area contributed by atoms with Crippen LogP contribution in [0.4, 0.5) is 0 Å². The third kappa shape index (κ3) is 5.92. The van der Waals surface area contributed by atoms with E-state index in [1.807, 2.05) is 37.5 Å². The Bertz CT molecular complexity index is 763. The summed E-state index contributed by atoms with van der Waals surface area (Å²) in [6, 6.07) is 12.5. The quantitative estimate of drug-likeness (QED) is 0.663. The van der Waals surface area contributed by atoms with Crippen LogP contribution in [0, 0.1) is 0 Å². The van der Waals surface area contributed by atoms with Gasteiger partial charge < -0.3 is 19.5 Å². The number of likely N-dealkylation sites (tertiary alicyclic amines) is 1. The fourth-order valence-electron chi connectivity index (χ4n) is 3.48. The standard InChI is InChI=1S/C23H33N3O3/c1-17(2)25(3)15-20(27)16-29-23-11-18(8-9-22(23)28-4)12-26-13-19(14-26)21-7-5-6-10-24-21/h5-11,17,19-20,27H,12-16H2,1-4H3/t20-/m1/s1. The first-order chi connectivity index (χ1) is 14.0. The molecule has 1 aromatic carbocycles. The lowest BCUT2D eigenvalue weighted by Crippen LogP contribution is -2.44. The zero-order valence-corrected chi connectivity index (χ0v) is 17.9. The van der Waals surface area contributed by atoms with Gasteiger partial charge in [-0.3, -0.25) is 9.88 Å². The van der Waals surface area contributed by atoms with E-state index in [1.54, 1.807) is 7.11 Å². The van der Waals surface area contributed by atoms with Crippen molar-refractivity contribution in [3.05, 3.63) is 53.9 Å². The van der Waals surface area contributed by atoms with Crippen molar-refractivity contribution in [3.63, 3.8) is 0 Å². The van der Waals surface area contributed by atoms with E-state index < -0.39 is 6.10 Å². The predicted octanol–water partition coefficient (Wildman–Crippen LogP) is 2.77. The van der Waals surface area contributed by atoms with Crippen molar-refractivity contribution >= 4 is 0 Å². The van der Waals surface area contributed by atoms with E-state index in [-0.39, 0.29) is 6.61 Å². The monoisotopic (exact) mass is 399 g/mol. The normalized spacial score (nSPS) is 16.1. The predicted molar refractivity (Wildman–Crippen MR) is 115 cm³/mol. The van der Waals surface area contributed by atoms with Crippen LogP contribution in [0.2, 0.25) is 0 Å². The number of likely N-dealkylation sites (N-methyl/N-ethyl adjacent to an activating group) is 1. The molecule has 1 atom stereocenters. The van der Waals surface area contributed by atoms with E-state index >= 15 is 0 Å². The van der Waals surface area contributed by atoms with Crippen LogP contribution >= 0.6 is 0 Å². The number of nitrogens with zero attached hydrogens (tertiary/aromatic N) is 3. The number of benzene rings is 1. The fraction of sp³-hybridized carbons (Fsp3) is 0.522. The molecule has 1 fully saturated rings. The number of methoxy groups -OCH3 is 1. The molecule has 158 valence electrons. The van der Waals surface area contributed by atoms with E-state index in [1.165, 1.54) is 11.3 Å². The molecule has 6 nitrogen and oxygen atoms in total. The summed E-state index contributed by atoms with van der Waals surface area (Å²) in [7, 11) is 3.64. The van der Waals surface area contributed by atoms with Crippen LogP contribution in [-0.4, -0.2) is 72.4 Å². The first-order valence-electron chi connectivity index (χ1n) is 10.3. The SMILES string of the molecule is COc1ccc(CN2CC(c3ccccn3)C2)cc1OC[C@H](O)CN(C)C(C)C. The number of aliphatic hydroxyl groups is 1. The lowest BCUT2D eigenvalue weighted by molar-refractivity contribution is 0.0667. The van der Waals surface area contributed by atoms with Crippen LogP contribution in [0.3, 0.4) is 0 Å². The molecule has 0 unspecified atom stereocenters. The van der Waals surface area contributed by atoms with Gasteiger partial charge in [0.15, 0.2) is 11.5 Å².